The fraction of sp³-hybridized carbons (Fsp3) is 0.424. The normalized spacial score (nSPS) is 15.0. The third kappa shape index (κ3) is 9.20. The van der Waals surface area contributed by atoms with Crippen LogP contribution in [0.4, 0.5) is 10.5 Å². The lowest BCUT2D eigenvalue weighted by molar-refractivity contribution is -0.0196. The first-order valence-corrected chi connectivity index (χ1v) is 15.7. The molecule has 41 heavy (non-hydrogen) atoms. The number of aryl methyl sites for hydroxylation is 2. The van der Waals surface area contributed by atoms with Crippen LogP contribution in [0.25, 0.3) is 0 Å². The summed E-state index contributed by atoms with van der Waals surface area (Å²) in [5, 5.41) is 18.0. The minimum Gasteiger partial charge on any atom is -0.489 e. The quantitative estimate of drug-likeness (QED) is 0.189. The third-order valence-corrected chi connectivity index (χ3v) is 8.35. The molecule has 1 saturated heterocycles. The van der Waals surface area contributed by atoms with E-state index in [9.17, 15) is 9.90 Å². The van der Waals surface area contributed by atoms with Crippen molar-refractivity contribution in [3.63, 3.8) is 0 Å². The molecule has 0 radical (unpaired) electrons. The number of para-hydroxylation sites is 1. The number of benzene rings is 3. The Morgan fingerprint density at radius 3 is 2.29 bits per heavy atom. The molecule has 0 bridgehead atoms. The Kier molecular flexibility index (Phi) is 11.5. The largest absolute Gasteiger partial charge is 0.489 e. The molecule has 8 heteroatoms. The van der Waals surface area contributed by atoms with Crippen LogP contribution in [0.15, 0.2) is 65.1 Å². The van der Waals surface area contributed by atoms with E-state index in [1.807, 2.05) is 36.4 Å². The van der Waals surface area contributed by atoms with Crippen LogP contribution in [0.1, 0.15) is 61.8 Å². The molecule has 0 atom stereocenters. The van der Waals surface area contributed by atoms with Crippen molar-refractivity contribution in [1.82, 2.24) is 10.2 Å². The van der Waals surface area contributed by atoms with Gasteiger partial charge in [0.1, 0.15) is 12.4 Å². The summed E-state index contributed by atoms with van der Waals surface area (Å²) in [6.45, 7) is 7.13. The fourth-order valence-corrected chi connectivity index (χ4v) is 5.81. The summed E-state index contributed by atoms with van der Waals surface area (Å²) in [5.41, 5.74) is 4.44. The van der Waals surface area contributed by atoms with Crippen molar-refractivity contribution in [2.45, 2.75) is 71.1 Å². The molecule has 1 aliphatic heterocycles. The lowest BCUT2D eigenvalue weighted by Gasteiger charge is -2.38. The van der Waals surface area contributed by atoms with Crippen LogP contribution >= 0.6 is 27.5 Å². The lowest BCUT2D eigenvalue weighted by Crippen LogP contribution is -2.51. The molecule has 0 spiro atoms. The molecule has 0 aliphatic carbocycles. The Bertz CT molecular complexity index is 1270. The Hall–Kier alpha value is -2.58. The molecule has 3 aromatic carbocycles. The van der Waals surface area contributed by atoms with Gasteiger partial charge in [0.25, 0.3) is 0 Å². The van der Waals surface area contributed by atoms with Crippen molar-refractivity contribution < 1.29 is 14.6 Å². The summed E-state index contributed by atoms with van der Waals surface area (Å²) < 4.78 is 7.16. The first kappa shape index (κ1) is 31.4. The van der Waals surface area contributed by atoms with Crippen LogP contribution < -0.4 is 15.4 Å². The molecule has 0 aromatic heterocycles. The van der Waals surface area contributed by atoms with Crippen molar-refractivity contribution in [3.8, 4) is 5.75 Å². The maximum Gasteiger partial charge on any atom is 0.319 e. The molecule has 4 rings (SSSR count). The SMILES string of the molecule is CCCc1cccc(CCC)c1NC(=O)NCC1(O)CCN(Cc2cc(Br)ccc2OCc2ccc(Cl)cc2)CC1. The molecule has 0 saturated carbocycles. The molecular weight excluding hydrogens is 602 g/mol. The van der Waals surface area contributed by atoms with Gasteiger partial charge in [0.15, 0.2) is 0 Å². The number of aliphatic hydroxyl groups is 1. The topological polar surface area (TPSA) is 73.8 Å². The van der Waals surface area contributed by atoms with E-state index in [2.05, 4.69) is 69.6 Å². The van der Waals surface area contributed by atoms with Crippen molar-refractivity contribution in [3.05, 3.63) is 92.4 Å². The molecule has 1 heterocycles. The molecular formula is C33H41BrClN3O3. The zero-order valence-corrected chi connectivity index (χ0v) is 26.4. The third-order valence-electron chi connectivity index (χ3n) is 7.60. The van der Waals surface area contributed by atoms with Crippen LogP contribution in [-0.4, -0.2) is 41.3 Å². The highest BCUT2D eigenvalue weighted by Crippen LogP contribution is 2.29. The number of hydrogen-bond donors (Lipinski definition) is 3. The van der Waals surface area contributed by atoms with Gasteiger partial charge in [-0.2, -0.15) is 0 Å². The zero-order chi connectivity index (χ0) is 29.2. The highest BCUT2D eigenvalue weighted by atomic mass is 79.9. The number of anilines is 1. The van der Waals surface area contributed by atoms with Crippen LogP contribution in [0.3, 0.4) is 0 Å². The molecule has 0 unspecified atom stereocenters. The smallest absolute Gasteiger partial charge is 0.319 e. The number of nitrogens with one attached hydrogen (secondary N) is 2. The van der Waals surface area contributed by atoms with Crippen molar-refractivity contribution >= 4 is 39.2 Å². The highest BCUT2D eigenvalue weighted by Gasteiger charge is 2.33. The van der Waals surface area contributed by atoms with Crippen molar-refractivity contribution in [1.29, 1.82) is 0 Å². The standard InChI is InChI=1S/C33H41BrClN3O3/c1-3-6-25-8-5-9-26(7-4-2)31(25)37-32(39)36-23-33(40)16-18-38(19-17-33)21-27-20-28(34)12-15-30(27)41-22-24-10-13-29(35)14-11-24/h5,8-15,20,40H,3-4,6-7,16-19,21-23H2,1-2H3,(H2,36,37,39). The van der Waals surface area contributed by atoms with Gasteiger partial charge in [-0.1, -0.05) is 84.6 Å². The van der Waals surface area contributed by atoms with E-state index in [0.29, 0.717) is 31.0 Å². The predicted octanol–water partition coefficient (Wildman–Crippen LogP) is 7.74. The van der Waals surface area contributed by atoms with Gasteiger partial charge in [-0.05, 0) is 72.7 Å². The number of urea groups is 1. The summed E-state index contributed by atoms with van der Waals surface area (Å²) in [5.74, 6) is 0.841. The minimum absolute atomic E-state index is 0.220. The van der Waals surface area contributed by atoms with Crippen LogP contribution in [-0.2, 0) is 26.0 Å². The van der Waals surface area contributed by atoms with Gasteiger partial charge in [-0.3, -0.25) is 4.90 Å². The first-order valence-electron chi connectivity index (χ1n) is 14.5. The van der Waals surface area contributed by atoms with Crippen LogP contribution in [0, 0.1) is 0 Å². The number of rotatable bonds is 12. The Morgan fingerprint density at radius 2 is 1.66 bits per heavy atom. The number of amides is 2. The minimum atomic E-state index is -0.936. The second-order valence-electron chi connectivity index (χ2n) is 10.9. The van der Waals surface area contributed by atoms with Gasteiger partial charge in [0.05, 0.1) is 5.60 Å². The van der Waals surface area contributed by atoms with Crippen LogP contribution in [0.5, 0.6) is 5.75 Å². The van der Waals surface area contributed by atoms with E-state index in [-0.39, 0.29) is 12.6 Å². The maximum absolute atomic E-state index is 12.9. The van der Waals surface area contributed by atoms with Gasteiger partial charge in [-0.15, -0.1) is 0 Å². The van der Waals surface area contributed by atoms with Gasteiger partial charge < -0.3 is 20.5 Å². The number of halogens is 2. The van der Waals surface area contributed by atoms with E-state index < -0.39 is 5.60 Å². The van der Waals surface area contributed by atoms with Crippen LogP contribution in [0.2, 0.25) is 5.02 Å². The molecule has 1 fully saturated rings. The highest BCUT2D eigenvalue weighted by molar-refractivity contribution is 9.10. The summed E-state index contributed by atoms with van der Waals surface area (Å²) in [7, 11) is 0. The Balaban J connectivity index is 1.30. The number of carbonyl (C=O) groups excluding carboxylic acids is 1. The number of carbonyl (C=O) groups is 1. The molecule has 2 amide bonds. The van der Waals surface area contributed by atoms with Gasteiger partial charge in [0, 0.05) is 46.9 Å². The fourth-order valence-electron chi connectivity index (χ4n) is 5.27. The molecule has 3 aromatic rings. The number of ether oxygens (including phenoxy) is 1. The average molecular weight is 643 g/mol. The van der Waals surface area contributed by atoms with Gasteiger partial charge >= 0.3 is 6.03 Å². The number of piperidine rings is 1. The van der Waals surface area contributed by atoms with E-state index in [1.165, 1.54) is 0 Å². The predicted molar refractivity (Wildman–Crippen MR) is 171 cm³/mol. The monoisotopic (exact) mass is 641 g/mol. The van der Waals surface area contributed by atoms with Gasteiger partial charge in [-0.25, -0.2) is 4.79 Å². The van der Waals surface area contributed by atoms with Gasteiger partial charge in [0.2, 0.25) is 0 Å². The van der Waals surface area contributed by atoms with E-state index >= 15 is 0 Å². The summed E-state index contributed by atoms with van der Waals surface area (Å²) >= 11 is 9.60. The molecule has 6 nitrogen and oxygen atoms in total. The second-order valence-corrected chi connectivity index (χ2v) is 12.3. The van der Waals surface area contributed by atoms with E-state index in [0.717, 1.165) is 76.9 Å². The summed E-state index contributed by atoms with van der Waals surface area (Å²) in [6.07, 6.45) is 5.01. The van der Waals surface area contributed by atoms with Crippen molar-refractivity contribution in [2.24, 2.45) is 0 Å². The molecule has 3 N–H and O–H groups in total. The second kappa shape index (κ2) is 15.1. The average Bonchev–Trinajstić information content (AvgIpc) is 2.96. The van der Waals surface area contributed by atoms with E-state index in [4.69, 9.17) is 16.3 Å². The Labute approximate surface area is 257 Å². The summed E-state index contributed by atoms with van der Waals surface area (Å²) in [6, 6.07) is 19.7. The maximum atomic E-state index is 12.9. The Morgan fingerprint density at radius 1 is 1.00 bits per heavy atom. The number of hydrogen-bond acceptors (Lipinski definition) is 4. The first-order chi connectivity index (χ1) is 19.8. The lowest BCUT2D eigenvalue weighted by atomic mass is 9.91. The van der Waals surface area contributed by atoms with Crippen molar-refractivity contribution in [2.75, 3.05) is 25.0 Å². The molecule has 1 aliphatic rings. The van der Waals surface area contributed by atoms with E-state index in [1.54, 1.807) is 0 Å². The zero-order valence-electron chi connectivity index (χ0n) is 24.0. The number of nitrogens with zero attached hydrogens (tertiary/aromatic N) is 1. The molecule has 220 valence electrons. The summed E-state index contributed by atoms with van der Waals surface area (Å²) in [4.78, 5) is 15.2. The number of likely N-dealkylation sites (tertiary alicyclic amines) is 1.